The number of rotatable bonds is 6. The highest BCUT2D eigenvalue weighted by molar-refractivity contribution is 7.93. The highest BCUT2D eigenvalue weighted by atomic mass is 32.2. The Balaban J connectivity index is 2.26. The standard InChI is InChI=1S/C18H24N2O5S/c1-17(2,3)15-10-12(20-25-15)9-14(21)18(4,5)26(22,23)13-7-8-16(24-6)19-11-13/h7-8,10-11H,9H2,1-6H3. The Labute approximate surface area is 153 Å². The van der Waals surface area contributed by atoms with Gasteiger partial charge in [0.05, 0.1) is 24.1 Å². The van der Waals surface area contributed by atoms with E-state index in [2.05, 4.69) is 10.1 Å². The Morgan fingerprint density at radius 2 is 1.85 bits per heavy atom. The molecule has 2 aromatic heterocycles. The summed E-state index contributed by atoms with van der Waals surface area (Å²) in [4.78, 5) is 16.6. The number of carbonyl (C=O) groups is 1. The normalized spacial score (nSPS) is 12.8. The average Bonchev–Trinajstić information content (AvgIpc) is 3.03. The molecular formula is C18H24N2O5S. The summed E-state index contributed by atoms with van der Waals surface area (Å²) in [6, 6.07) is 4.51. The summed E-state index contributed by atoms with van der Waals surface area (Å²) in [6.07, 6.45) is 1.06. The first-order valence-electron chi connectivity index (χ1n) is 8.13. The van der Waals surface area contributed by atoms with E-state index in [0.29, 0.717) is 17.3 Å². The number of hydrogen-bond donors (Lipinski definition) is 0. The number of carbonyl (C=O) groups excluding carboxylic acids is 1. The second kappa shape index (κ2) is 6.83. The fourth-order valence-electron chi connectivity index (χ4n) is 2.22. The third-order valence-corrected chi connectivity index (χ3v) is 6.65. The second-order valence-electron chi connectivity index (χ2n) is 7.58. The van der Waals surface area contributed by atoms with Gasteiger partial charge in [0.1, 0.15) is 10.5 Å². The summed E-state index contributed by atoms with van der Waals surface area (Å²) >= 11 is 0. The van der Waals surface area contributed by atoms with Crippen molar-refractivity contribution >= 4 is 15.6 Å². The predicted octanol–water partition coefficient (Wildman–Crippen LogP) is 2.74. The van der Waals surface area contributed by atoms with Crippen LogP contribution in [0.25, 0.3) is 0 Å². The van der Waals surface area contributed by atoms with Crippen LogP contribution in [-0.4, -0.2) is 36.2 Å². The Morgan fingerprint density at radius 3 is 2.31 bits per heavy atom. The number of pyridine rings is 1. The van der Waals surface area contributed by atoms with Gasteiger partial charge < -0.3 is 9.26 Å². The first-order chi connectivity index (χ1) is 11.9. The number of ether oxygens (including phenoxy) is 1. The van der Waals surface area contributed by atoms with Crippen molar-refractivity contribution in [1.82, 2.24) is 10.1 Å². The van der Waals surface area contributed by atoms with Crippen LogP contribution in [0.15, 0.2) is 33.8 Å². The van der Waals surface area contributed by atoms with E-state index in [1.807, 2.05) is 20.8 Å². The number of hydrogen-bond acceptors (Lipinski definition) is 7. The van der Waals surface area contributed by atoms with E-state index in [1.54, 1.807) is 6.07 Å². The highest BCUT2D eigenvalue weighted by Gasteiger charge is 2.42. The molecule has 0 amide bonds. The number of ketones is 1. The van der Waals surface area contributed by atoms with E-state index in [1.165, 1.54) is 39.3 Å². The van der Waals surface area contributed by atoms with Gasteiger partial charge in [-0.3, -0.25) is 4.79 Å². The van der Waals surface area contributed by atoms with E-state index < -0.39 is 20.4 Å². The minimum absolute atomic E-state index is 0.0350. The van der Waals surface area contributed by atoms with Gasteiger partial charge in [0.25, 0.3) is 0 Å². The Morgan fingerprint density at radius 1 is 1.19 bits per heavy atom. The van der Waals surface area contributed by atoms with Crippen molar-refractivity contribution in [3.63, 3.8) is 0 Å². The van der Waals surface area contributed by atoms with Crippen LogP contribution < -0.4 is 4.74 Å². The minimum atomic E-state index is -3.93. The van der Waals surface area contributed by atoms with Crippen LogP contribution >= 0.6 is 0 Å². The molecule has 2 heterocycles. The third-order valence-electron chi connectivity index (χ3n) is 4.21. The SMILES string of the molecule is COc1ccc(S(=O)(=O)C(C)(C)C(=O)Cc2cc(C(C)(C)C)on2)cn1. The van der Waals surface area contributed by atoms with Gasteiger partial charge in [0.15, 0.2) is 15.6 Å². The van der Waals surface area contributed by atoms with Gasteiger partial charge in [-0.25, -0.2) is 13.4 Å². The summed E-state index contributed by atoms with van der Waals surface area (Å²) in [5.41, 5.74) is 0.168. The van der Waals surface area contributed by atoms with Crippen molar-refractivity contribution in [3.8, 4) is 5.88 Å². The molecule has 26 heavy (non-hydrogen) atoms. The largest absolute Gasteiger partial charge is 0.481 e. The quantitative estimate of drug-likeness (QED) is 0.759. The third kappa shape index (κ3) is 3.80. The Bertz CT molecular complexity index is 890. The first-order valence-corrected chi connectivity index (χ1v) is 9.62. The number of nitrogens with zero attached hydrogens (tertiary/aromatic N) is 2. The fourth-order valence-corrected chi connectivity index (χ4v) is 3.62. The molecule has 0 saturated carbocycles. The molecule has 0 aliphatic rings. The smallest absolute Gasteiger partial charge is 0.212 e. The molecule has 0 aliphatic carbocycles. The highest BCUT2D eigenvalue weighted by Crippen LogP contribution is 2.29. The molecule has 0 aromatic carbocycles. The van der Waals surface area contributed by atoms with Crippen LogP contribution in [0.1, 0.15) is 46.1 Å². The average molecular weight is 380 g/mol. The van der Waals surface area contributed by atoms with E-state index in [0.717, 1.165) is 0 Å². The summed E-state index contributed by atoms with van der Waals surface area (Å²) in [7, 11) is -2.49. The molecule has 7 nitrogen and oxygen atoms in total. The van der Waals surface area contributed by atoms with E-state index in [4.69, 9.17) is 9.26 Å². The van der Waals surface area contributed by atoms with Gasteiger partial charge >= 0.3 is 0 Å². The van der Waals surface area contributed by atoms with Gasteiger partial charge in [-0.2, -0.15) is 0 Å². The fraction of sp³-hybridized carbons (Fsp3) is 0.500. The van der Waals surface area contributed by atoms with Crippen LogP contribution in [0.5, 0.6) is 5.88 Å². The Kier molecular flexibility index (Phi) is 5.28. The molecule has 142 valence electrons. The monoisotopic (exact) mass is 380 g/mol. The van der Waals surface area contributed by atoms with Gasteiger partial charge in [-0.05, 0) is 19.9 Å². The molecule has 0 aliphatic heterocycles. The van der Waals surface area contributed by atoms with Crippen molar-refractivity contribution in [2.24, 2.45) is 0 Å². The molecule has 0 N–H and O–H groups in total. The molecular weight excluding hydrogens is 356 g/mol. The van der Waals surface area contributed by atoms with Crippen LogP contribution in [0.3, 0.4) is 0 Å². The van der Waals surface area contributed by atoms with Gasteiger partial charge in [0.2, 0.25) is 5.88 Å². The number of aromatic nitrogens is 2. The van der Waals surface area contributed by atoms with Crippen molar-refractivity contribution in [2.75, 3.05) is 7.11 Å². The van der Waals surface area contributed by atoms with Crippen molar-refractivity contribution in [1.29, 1.82) is 0 Å². The first kappa shape index (κ1) is 20.1. The molecule has 2 aromatic rings. The number of methoxy groups -OCH3 is 1. The van der Waals surface area contributed by atoms with Crippen molar-refractivity contribution in [3.05, 3.63) is 35.9 Å². The lowest BCUT2D eigenvalue weighted by Gasteiger charge is -2.23. The van der Waals surface area contributed by atoms with Crippen LogP contribution in [0.4, 0.5) is 0 Å². The Hall–Kier alpha value is -2.22. The van der Waals surface area contributed by atoms with E-state index in [9.17, 15) is 13.2 Å². The zero-order chi connectivity index (χ0) is 19.8. The topological polar surface area (TPSA) is 99.4 Å². The maximum absolute atomic E-state index is 12.9. The predicted molar refractivity (Wildman–Crippen MR) is 96.0 cm³/mol. The molecule has 0 fully saturated rings. The molecule has 0 saturated heterocycles. The molecule has 0 unspecified atom stereocenters. The molecule has 0 radical (unpaired) electrons. The van der Waals surface area contributed by atoms with Crippen molar-refractivity contribution in [2.45, 2.75) is 56.1 Å². The van der Waals surface area contributed by atoms with Crippen molar-refractivity contribution < 1.29 is 22.5 Å². The minimum Gasteiger partial charge on any atom is -0.481 e. The van der Waals surface area contributed by atoms with E-state index >= 15 is 0 Å². The number of sulfone groups is 1. The number of Topliss-reactive ketones (excluding diaryl/α,β-unsaturated/α-hetero) is 1. The summed E-state index contributed by atoms with van der Waals surface area (Å²) in [6.45, 7) is 8.66. The lowest BCUT2D eigenvalue weighted by Crippen LogP contribution is -2.41. The lowest BCUT2D eigenvalue weighted by molar-refractivity contribution is -0.120. The van der Waals surface area contributed by atoms with E-state index in [-0.39, 0.29) is 16.7 Å². The zero-order valence-electron chi connectivity index (χ0n) is 15.9. The van der Waals surface area contributed by atoms with Crippen LogP contribution in [0, 0.1) is 0 Å². The molecule has 8 heteroatoms. The summed E-state index contributed by atoms with van der Waals surface area (Å²) in [5, 5.41) is 3.89. The lowest BCUT2D eigenvalue weighted by atomic mass is 9.92. The summed E-state index contributed by atoms with van der Waals surface area (Å²) in [5.74, 6) is 0.466. The van der Waals surface area contributed by atoms with Gasteiger partial charge in [-0.1, -0.05) is 25.9 Å². The van der Waals surface area contributed by atoms with Gasteiger partial charge in [0, 0.05) is 23.7 Å². The molecule has 0 spiro atoms. The summed E-state index contributed by atoms with van der Waals surface area (Å²) < 4.78 is 34.4. The molecule has 0 bridgehead atoms. The van der Waals surface area contributed by atoms with Gasteiger partial charge in [-0.15, -0.1) is 0 Å². The van der Waals surface area contributed by atoms with Crippen LogP contribution in [0.2, 0.25) is 0 Å². The molecule has 2 rings (SSSR count). The maximum Gasteiger partial charge on any atom is 0.212 e. The molecule has 0 atom stereocenters. The maximum atomic E-state index is 12.9. The second-order valence-corrected chi connectivity index (χ2v) is 10.1. The zero-order valence-corrected chi connectivity index (χ0v) is 16.7. The van der Waals surface area contributed by atoms with Crippen LogP contribution in [-0.2, 0) is 26.5 Å².